The van der Waals surface area contributed by atoms with E-state index >= 15 is 0 Å². The number of imidazole rings is 1. The minimum atomic E-state index is 0.108. The first-order valence-corrected chi connectivity index (χ1v) is 7.16. The number of aromatic nitrogens is 2. The summed E-state index contributed by atoms with van der Waals surface area (Å²) in [5.41, 5.74) is 9.43. The highest BCUT2D eigenvalue weighted by molar-refractivity contribution is 6.31. The van der Waals surface area contributed by atoms with Crippen LogP contribution in [-0.4, -0.2) is 17.0 Å². The van der Waals surface area contributed by atoms with Crippen LogP contribution in [-0.2, 0) is 0 Å². The van der Waals surface area contributed by atoms with Gasteiger partial charge in [-0.3, -0.25) is 0 Å². The van der Waals surface area contributed by atoms with Gasteiger partial charge in [0.05, 0.1) is 17.1 Å². The minimum Gasteiger partial charge on any atom is -0.399 e. The molecule has 1 atom stereocenters. The average Bonchev–Trinajstić information content (AvgIpc) is 2.89. The smallest absolute Gasteiger partial charge is 0.204 e. The number of H-pyrrole nitrogens is 1. The molecular formula is C16H17ClN4. The molecule has 1 aromatic heterocycles. The van der Waals surface area contributed by atoms with Crippen molar-refractivity contribution in [1.29, 1.82) is 0 Å². The van der Waals surface area contributed by atoms with E-state index in [2.05, 4.69) is 21.8 Å². The second-order valence-corrected chi connectivity index (χ2v) is 5.55. The van der Waals surface area contributed by atoms with Gasteiger partial charge in [-0.15, -0.1) is 0 Å². The van der Waals surface area contributed by atoms with Crippen molar-refractivity contribution < 1.29 is 0 Å². The van der Waals surface area contributed by atoms with Gasteiger partial charge in [-0.05, 0) is 36.8 Å². The van der Waals surface area contributed by atoms with Gasteiger partial charge in [0, 0.05) is 17.8 Å². The highest BCUT2D eigenvalue weighted by atomic mass is 35.5. The summed E-state index contributed by atoms with van der Waals surface area (Å²) in [5, 5.41) is 0.761. The molecule has 1 unspecified atom stereocenters. The zero-order valence-electron chi connectivity index (χ0n) is 12.0. The van der Waals surface area contributed by atoms with Crippen LogP contribution in [0.15, 0.2) is 42.5 Å². The molecule has 0 aliphatic heterocycles. The van der Waals surface area contributed by atoms with Crippen LogP contribution < -0.4 is 10.6 Å². The number of hydrogen-bond acceptors (Lipinski definition) is 3. The molecule has 0 aliphatic rings. The normalized spacial score (nSPS) is 12.5. The zero-order valence-corrected chi connectivity index (χ0v) is 12.7. The fraction of sp³-hybridized carbons (Fsp3) is 0.188. The van der Waals surface area contributed by atoms with E-state index in [9.17, 15) is 0 Å². The van der Waals surface area contributed by atoms with E-state index < -0.39 is 0 Å². The molecule has 0 aliphatic carbocycles. The van der Waals surface area contributed by atoms with Crippen LogP contribution in [0.2, 0.25) is 5.02 Å². The van der Waals surface area contributed by atoms with Gasteiger partial charge in [-0.1, -0.05) is 29.8 Å². The Labute approximate surface area is 128 Å². The Morgan fingerprint density at radius 2 is 2.00 bits per heavy atom. The Morgan fingerprint density at radius 1 is 1.24 bits per heavy atom. The van der Waals surface area contributed by atoms with Crippen LogP contribution in [0.25, 0.3) is 11.0 Å². The Hall–Kier alpha value is -2.20. The summed E-state index contributed by atoms with van der Waals surface area (Å²) >= 11 is 6.28. The van der Waals surface area contributed by atoms with E-state index in [4.69, 9.17) is 17.3 Å². The summed E-state index contributed by atoms with van der Waals surface area (Å²) in [6, 6.07) is 13.6. The predicted molar refractivity (Wildman–Crippen MR) is 88.8 cm³/mol. The number of nitrogens with one attached hydrogen (secondary N) is 1. The van der Waals surface area contributed by atoms with Crippen molar-refractivity contribution in [2.24, 2.45) is 0 Å². The molecule has 4 nitrogen and oxygen atoms in total. The SMILES string of the molecule is CC(c1ccccc1Cl)N(C)c1nc2ccc(N)cc2[nH]1. The van der Waals surface area contributed by atoms with E-state index in [1.54, 1.807) is 0 Å². The van der Waals surface area contributed by atoms with Crippen LogP contribution in [0.3, 0.4) is 0 Å². The lowest BCUT2D eigenvalue weighted by Gasteiger charge is -2.25. The van der Waals surface area contributed by atoms with Crippen LogP contribution in [0.5, 0.6) is 0 Å². The Balaban J connectivity index is 1.96. The second kappa shape index (κ2) is 5.30. The highest BCUT2D eigenvalue weighted by Gasteiger charge is 2.17. The molecule has 3 N–H and O–H groups in total. The summed E-state index contributed by atoms with van der Waals surface area (Å²) in [6.07, 6.45) is 0. The van der Waals surface area contributed by atoms with Gasteiger partial charge in [0.1, 0.15) is 0 Å². The van der Waals surface area contributed by atoms with Crippen LogP contribution >= 0.6 is 11.6 Å². The number of hydrogen-bond donors (Lipinski definition) is 2. The average molecular weight is 301 g/mol. The summed E-state index contributed by atoms with van der Waals surface area (Å²) in [4.78, 5) is 9.97. The number of aromatic amines is 1. The van der Waals surface area contributed by atoms with Gasteiger partial charge < -0.3 is 15.6 Å². The van der Waals surface area contributed by atoms with Gasteiger partial charge in [0.15, 0.2) is 0 Å². The van der Waals surface area contributed by atoms with E-state index in [0.29, 0.717) is 0 Å². The first kappa shape index (κ1) is 13.8. The minimum absolute atomic E-state index is 0.108. The van der Waals surface area contributed by atoms with Crippen molar-refractivity contribution in [3.63, 3.8) is 0 Å². The third-order valence-electron chi connectivity index (χ3n) is 3.76. The van der Waals surface area contributed by atoms with Crippen molar-refractivity contribution in [2.75, 3.05) is 17.7 Å². The number of anilines is 2. The predicted octanol–water partition coefficient (Wildman–Crippen LogP) is 4.00. The van der Waals surface area contributed by atoms with Gasteiger partial charge in [0.2, 0.25) is 5.95 Å². The summed E-state index contributed by atoms with van der Waals surface area (Å²) in [5.74, 6) is 0.794. The molecule has 0 amide bonds. The quantitative estimate of drug-likeness (QED) is 0.719. The molecule has 1 heterocycles. The topological polar surface area (TPSA) is 57.9 Å². The molecule has 0 saturated carbocycles. The van der Waals surface area contributed by atoms with Crippen molar-refractivity contribution in [2.45, 2.75) is 13.0 Å². The fourth-order valence-corrected chi connectivity index (χ4v) is 2.68. The Bertz CT molecular complexity index is 781. The van der Waals surface area contributed by atoms with Crippen molar-refractivity contribution in [1.82, 2.24) is 9.97 Å². The molecule has 0 saturated heterocycles. The molecule has 0 spiro atoms. The molecule has 5 heteroatoms. The second-order valence-electron chi connectivity index (χ2n) is 5.15. The summed E-state index contributed by atoms with van der Waals surface area (Å²) in [7, 11) is 2.00. The maximum absolute atomic E-state index is 6.28. The van der Waals surface area contributed by atoms with E-state index in [1.165, 1.54) is 0 Å². The maximum Gasteiger partial charge on any atom is 0.204 e. The molecule has 0 bridgehead atoms. The van der Waals surface area contributed by atoms with Gasteiger partial charge in [0.25, 0.3) is 0 Å². The number of benzene rings is 2. The van der Waals surface area contributed by atoms with Gasteiger partial charge >= 0.3 is 0 Å². The molecular weight excluding hydrogens is 284 g/mol. The van der Waals surface area contributed by atoms with E-state index in [0.717, 1.165) is 33.3 Å². The van der Waals surface area contributed by atoms with Crippen molar-refractivity contribution in [3.8, 4) is 0 Å². The third-order valence-corrected chi connectivity index (χ3v) is 4.11. The van der Waals surface area contributed by atoms with Crippen LogP contribution in [0.1, 0.15) is 18.5 Å². The number of nitrogen functional groups attached to an aromatic ring is 1. The number of nitrogens with zero attached hydrogens (tertiary/aromatic N) is 2. The van der Waals surface area contributed by atoms with Gasteiger partial charge in [-0.2, -0.15) is 0 Å². The van der Waals surface area contributed by atoms with Crippen LogP contribution in [0.4, 0.5) is 11.6 Å². The monoisotopic (exact) mass is 300 g/mol. The number of nitrogens with two attached hydrogens (primary N) is 1. The third kappa shape index (κ3) is 2.54. The zero-order chi connectivity index (χ0) is 15.0. The van der Waals surface area contributed by atoms with Crippen LogP contribution in [0, 0.1) is 0 Å². The number of rotatable bonds is 3. The Kier molecular flexibility index (Phi) is 3.47. The standard InChI is InChI=1S/C16H17ClN4/c1-10(12-5-3-4-6-13(12)17)21(2)16-19-14-8-7-11(18)9-15(14)20-16/h3-10H,18H2,1-2H3,(H,19,20). The van der Waals surface area contributed by atoms with Crippen molar-refractivity contribution in [3.05, 3.63) is 53.1 Å². The largest absolute Gasteiger partial charge is 0.399 e. The number of halogens is 1. The summed E-state index contributed by atoms with van der Waals surface area (Å²) < 4.78 is 0. The molecule has 3 aromatic rings. The fourth-order valence-electron chi connectivity index (χ4n) is 2.39. The Morgan fingerprint density at radius 3 is 2.76 bits per heavy atom. The highest BCUT2D eigenvalue weighted by Crippen LogP contribution is 2.29. The molecule has 21 heavy (non-hydrogen) atoms. The molecule has 108 valence electrons. The first-order valence-electron chi connectivity index (χ1n) is 6.79. The lowest BCUT2D eigenvalue weighted by atomic mass is 10.1. The van der Waals surface area contributed by atoms with Gasteiger partial charge in [-0.25, -0.2) is 4.98 Å². The van der Waals surface area contributed by atoms with E-state index in [1.807, 2.05) is 49.5 Å². The first-order chi connectivity index (χ1) is 10.1. The lowest BCUT2D eigenvalue weighted by Crippen LogP contribution is -2.22. The molecule has 0 fully saturated rings. The summed E-state index contributed by atoms with van der Waals surface area (Å²) in [6.45, 7) is 2.10. The lowest BCUT2D eigenvalue weighted by molar-refractivity contribution is 0.722. The van der Waals surface area contributed by atoms with Crippen molar-refractivity contribution >= 4 is 34.3 Å². The molecule has 3 rings (SSSR count). The molecule has 2 aromatic carbocycles. The van der Waals surface area contributed by atoms with E-state index in [-0.39, 0.29) is 6.04 Å². The molecule has 0 radical (unpaired) electrons. The number of fused-ring (bicyclic) bond motifs is 1. The maximum atomic E-state index is 6.28.